The highest BCUT2D eigenvalue weighted by atomic mass is 16.6. The van der Waals surface area contributed by atoms with E-state index >= 15 is 0 Å². The normalized spacial score (nSPS) is 13.0. The molecule has 6 nitrogen and oxygen atoms in total. The van der Waals surface area contributed by atoms with Crippen LogP contribution >= 0.6 is 0 Å². The molecule has 1 atom stereocenters. The molecule has 396 valence electrons. The van der Waals surface area contributed by atoms with Gasteiger partial charge in [-0.1, -0.05) is 245 Å². The number of unbranched alkanes of at least 4 members (excludes halogenated alkanes) is 19. The molecule has 1 unspecified atom stereocenters. The Kier molecular flexibility index (Phi) is 54.0. The fourth-order valence-corrected chi connectivity index (χ4v) is 7.50. The fourth-order valence-electron chi connectivity index (χ4n) is 7.50. The Hall–Kier alpha value is -4.19. The van der Waals surface area contributed by atoms with E-state index in [0.29, 0.717) is 19.3 Å². The van der Waals surface area contributed by atoms with Gasteiger partial charge in [0.05, 0.1) is 0 Å². The zero-order chi connectivity index (χ0) is 50.7. The summed E-state index contributed by atoms with van der Waals surface area (Å²) < 4.78 is 16.8. The van der Waals surface area contributed by atoms with E-state index in [4.69, 9.17) is 14.2 Å². The Balaban J connectivity index is 4.37. The molecule has 0 saturated heterocycles. The van der Waals surface area contributed by atoms with Crippen LogP contribution in [0, 0.1) is 0 Å². The molecule has 0 fully saturated rings. The van der Waals surface area contributed by atoms with Crippen LogP contribution in [0.1, 0.15) is 245 Å². The minimum atomic E-state index is -0.811. The maximum Gasteiger partial charge on any atom is 0.306 e. The molecular weight excluding hydrogens is 865 g/mol. The Morgan fingerprint density at radius 3 is 0.914 bits per heavy atom. The monoisotopic (exact) mass is 969 g/mol. The predicted octanol–water partition coefficient (Wildman–Crippen LogP) is 19.3. The number of hydrogen-bond acceptors (Lipinski definition) is 6. The SMILES string of the molecule is CC/C=C\C/C=C\C/C=C\C/C=C\C/C=C\CCCCCCCCCCCC(=O)OCC(COC(=O)CCCCCCCCCCCC)OC(=O)CCC/C=C\C/C=C\C/C=C\C/C=C\C/C=C\CC. The molecule has 70 heavy (non-hydrogen) atoms. The zero-order valence-corrected chi connectivity index (χ0v) is 45.2. The Bertz CT molecular complexity index is 1490. The van der Waals surface area contributed by atoms with Gasteiger partial charge in [-0.3, -0.25) is 14.4 Å². The van der Waals surface area contributed by atoms with Crippen molar-refractivity contribution in [3.8, 4) is 0 Å². The summed E-state index contributed by atoms with van der Waals surface area (Å²) in [5, 5.41) is 0. The van der Waals surface area contributed by atoms with Crippen molar-refractivity contribution in [3.63, 3.8) is 0 Å². The van der Waals surface area contributed by atoms with Crippen LogP contribution in [0.5, 0.6) is 0 Å². The van der Waals surface area contributed by atoms with Crippen molar-refractivity contribution in [1.29, 1.82) is 0 Å². The van der Waals surface area contributed by atoms with Crippen molar-refractivity contribution in [1.82, 2.24) is 0 Å². The van der Waals surface area contributed by atoms with Crippen molar-refractivity contribution in [3.05, 3.63) is 122 Å². The van der Waals surface area contributed by atoms with E-state index in [9.17, 15) is 14.4 Å². The molecule has 0 N–H and O–H groups in total. The molecule has 0 bridgehead atoms. The van der Waals surface area contributed by atoms with Gasteiger partial charge in [-0.05, 0) is 103 Å². The maximum atomic E-state index is 12.8. The average Bonchev–Trinajstić information content (AvgIpc) is 3.36. The van der Waals surface area contributed by atoms with Gasteiger partial charge in [0.1, 0.15) is 13.2 Å². The third-order valence-electron chi connectivity index (χ3n) is 11.7. The van der Waals surface area contributed by atoms with Crippen LogP contribution in [0.2, 0.25) is 0 Å². The van der Waals surface area contributed by atoms with Gasteiger partial charge in [0.15, 0.2) is 6.10 Å². The smallest absolute Gasteiger partial charge is 0.306 e. The molecule has 0 rings (SSSR count). The molecular formula is C64H104O6. The van der Waals surface area contributed by atoms with Crippen molar-refractivity contribution >= 4 is 17.9 Å². The van der Waals surface area contributed by atoms with Crippen LogP contribution in [0.3, 0.4) is 0 Å². The minimum Gasteiger partial charge on any atom is -0.462 e. The van der Waals surface area contributed by atoms with Gasteiger partial charge in [0, 0.05) is 19.3 Å². The van der Waals surface area contributed by atoms with Gasteiger partial charge in [0.25, 0.3) is 0 Å². The summed E-state index contributed by atoms with van der Waals surface area (Å²) in [5.74, 6) is -0.972. The lowest BCUT2D eigenvalue weighted by Crippen LogP contribution is -2.30. The van der Waals surface area contributed by atoms with E-state index in [0.717, 1.165) is 116 Å². The molecule has 0 aliphatic heterocycles. The van der Waals surface area contributed by atoms with Gasteiger partial charge < -0.3 is 14.2 Å². The van der Waals surface area contributed by atoms with E-state index in [1.807, 2.05) is 0 Å². The molecule has 0 saturated carbocycles. The molecule has 0 spiro atoms. The second-order valence-electron chi connectivity index (χ2n) is 18.4. The average molecular weight is 970 g/mol. The van der Waals surface area contributed by atoms with Crippen LogP contribution in [0.15, 0.2) is 122 Å². The largest absolute Gasteiger partial charge is 0.462 e. The van der Waals surface area contributed by atoms with E-state index in [-0.39, 0.29) is 37.5 Å². The van der Waals surface area contributed by atoms with E-state index < -0.39 is 6.10 Å². The van der Waals surface area contributed by atoms with Gasteiger partial charge in [-0.2, -0.15) is 0 Å². The summed E-state index contributed by atoms with van der Waals surface area (Å²) in [7, 11) is 0. The third-order valence-corrected chi connectivity index (χ3v) is 11.7. The van der Waals surface area contributed by atoms with Crippen molar-refractivity contribution in [2.24, 2.45) is 0 Å². The number of hydrogen-bond donors (Lipinski definition) is 0. The van der Waals surface area contributed by atoms with Gasteiger partial charge >= 0.3 is 17.9 Å². The topological polar surface area (TPSA) is 78.9 Å². The lowest BCUT2D eigenvalue weighted by molar-refractivity contribution is -0.167. The van der Waals surface area contributed by atoms with E-state index in [1.165, 1.54) is 83.5 Å². The molecule has 0 aliphatic carbocycles. The predicted molar refractivity (Wildman–Crippen MR) is 302 cm³/mol. The summed E-state index contributed by atoms with van der Waals surface area (Å²) in [6.07, 6.45) is 79.1. The van der Waals surface area contributed by atoms with Crippen LogP contribution in [0.25, 0.3) is 0 Å². The van der Waals surface area contributed by atoms with Gasteiger partial charge in [-0.25, -0.2) is 0 Å². The number of carbonyl (C=O) groups is 3. The molecule has 0 aliphatic rings. The standard InChI is InChI=1S/C64H104O6/c1-4-7-10-13-16-19-22-24-26-28-29-30-31-32-33-34-35-37-38-40-42-45-48-51-54-57-63(66)69-60-61(59-68-62(65)56-53-50-47-44-21-18-15-12-9-6-3)70-64(67)58-55-52-49-46-43-41-39-36-27-25-23-20-17-14-11-8-5-2/h7-8,10-11,16-17,19-20,24-27,29-30,32-33,39,41,46,49,61H,4-6,9,12-15,18,21-23,28,31,34-38,40,42-45,47-48,50-60H2,1-3H3/b10-7-,11-8-,19-16-,20-17-,26-24-,27-25-,30-29-,33-32-,41-39-,49-46-. The van der Waals surface area contributed by atoms with Crippen molar-refractivity contribution in [2.45, 2.75) is 252 Å². The highest BCUT2D eigenvalue weighted by Gasteiger charge is 2.19. The summed E-state index contributed by atoms with van der Waals surface area (Å²) in [5.41, 5.74) is 0. The number of ether oxygens (including phenoxy) is 3. The van der Waals surface area contributed by atoms with Crippen LogP contribution < -0.4 is 0 Å². The van der Waals surface area contributed by atoms with Crippen LogP contribution in [0.4, 0.5) is 0 Å². The maximum absolute atomic E-state index is 12.8. The van der Waals surface area contributed by atoms with E-state index in [2.05, 4.69) is 142 Å². The van der Waals surface area contributed by atoms with E-state index in [1.54, 1.807) is 0 Å². The fraction of sp³-hybridized carbons (Fsp3) is 0.641. The molecule has 0 aromatic carbocycles. The summed E-state index contributed by atoms with van der Waals surface area (Å²) in [6.45, 7) is 6.34. The Morgan fingerprint density at radius 2 is 0.571 bits per heavy atom. The first-order valence-electron chi connectivity index (χ1n) is 28.5. The summed E-state index contributed by atoms with van der Waals surface area (Å²) in [6, 6.07) is 0. The van der Waals surface area contributed by atoms with Gasteiger partial charge in [-0.15, -0.1) is 0 Å². The molecule has 0 aromatic rings. The second-order valence-corrected chi connectivity index (χ2v) is 18.4. The molecule has 0 amide bonds. The number of rotatable bonds is 50. The Labute approximate surface area is 431 Å². The molecule has 0 heterocycles. The summed E-state index contributed by atoms with van der Waals surface area (Å²) in [4.78, 5) is 38.1. The lowest BCUT2D eigenvalue weighted by Gasteiger charge is -2.18. The first-order chi connectivity index (χ1) is 34.5. The molecule has 0 aromatic heterocycles. The highest BCUT2D eigenvalue weighted by molar-refractivity contribution is 5.71. The first kappa shape index (κ1) is 65.8. The zero-order valence-electron chi connectivity index (χ0n) is 45.2. The summed E-state index contributed by atoms with van der Waals surface area (Å²) >= 11 is 0. The minimum absolute atomic E-state index is 0.103. The second kappa shape index (κ2) is 57.4. The quantitative estimate of drug-likeness (QED) is 0.0262. The number of allylic oxidation sites excluding steroid dienone is 20. The lowest BCUT2D eigenvalue weighted by atomic mass is 10.1. The molecule has 6 heteroatoms. The van der Waals surface area contributed by atoms with Crippen molar-refractivity contribution < 1.29 is 28.6 Å². The first-order valence-corrected chi connectivity index (χ1v) is 28.5. The third kappa shape index (κ3) is 54.7. The van der Waals surface area contributed by atoms with Crippen LogP contribution in [-0.2, 0) is 28.6 Å². The Morgan fingerprint density at radius 1 is 0.300 bits per heavy atom. The number of esters is 3. The van der Waals surface area contributed by atoms with Crippen molar-refractivity contribution in [2.75, 3.05) is 13.2 Å². The van der Waals surface area contributed by atoms with Gasteiger partial charge in [0.2, 0.25) is 0 Å². The highest BCUT2D eigenvalue weighted by Crippen LogP contribution is 2.14. The molecule has 0 radical (unpaired) electrons. The number of carbonyl (C=O) groups excluding carboxylic acids is 3. The van der Waals surface area contributed by atoms with Crippen LogP contribution in [-0.4, -0.2) is 37.2 Å².